The van der Waals surface area contributed by atoms with Crippen LogP contribution in [-0.4, -0.2) is 38.4 Å². The van der Waals surface area contributed by atoms with Gasteiger partial charge in [-0.2, -0.15) is 0 Å². The summed E-state index contributed by atoms with van der Waals surface area (Å²) in [6.07, 6.45) is 18.5. The summed E-state index contributed by atoms with van der Waals surface area (Å²) < 4.78 is 21.8. The highest BCUT2D eigenvalue weighted by Gasteiger charge is 2.06. The molecular formula is C57H79N5O6. The zero-order valence-electron chi connectivity index (χ0n) is 40.9. The van der Waals surface area contributed by atoms with Crippen molar-refractivity contribution in [2.75, 3.05) is 54.7 Å². The quantitative estimate of drug-likeness (QED) is 0.0133. The lowest BCUT2D eigenvalue weighted by atomic mass is 10.1. The molecule has 0 amide bonds. The Morgan fingerprint density at radius 2 is 0.794 bits per heavy atom. The summed E-state index contributed by atoms with van der Waals surface area (Å²) in [5.41, 5.74) is 28.8. The molecule has 5 rings (SSSR count). The van der Waals surface area contributed by atoms with E-state index in [0.29, 0.717) is 24.4 Å². The summed E-state index contributed by atoms with van der Waals surface area (Å²) in [7, 11) is 0. The number of fused-ring (bicyclic) bond motifs is 1. The van der Waals surface area contributed by atoms with Gasteiger partial charge in [-0.3, -0.25) is 0 Å². The van der Waals surface area contributed by atoms with Crippen molar-refractivity contribution in [3.05, 3.63) is 139 Å². The molecule has 0 heterocycles. The molecule has 0 aliphatic carbocycles. The van der Waals surface area contributed by atoms with E-state index in [-0.39, 0.29) is 11.9 Å². The first-order valence-electron chi connectivity index (χ1n) is 24.4. The lowest BCUT2D eigenvalue weighted by molar-refractivity contribution is -0.139. The number of anilines is 5. The van der Waals surface area contributed by atoms with Crippen LogP contribution in [0.3, 0.4) is 0 Å². The van der Waals surface area contributed by atoms with Crippen LogP contribution >= 0.6 is 0 Å². The van der Waals surface area contributed by atoms with Crippen molar-refractivity contribution >= 4 is 51.1 Å². The van der Waals surface area contributed by atoms with Gasteiger partial charge in [0.05, 0.1) is 26.4 Å². The molecule has 68 heavy (non-hydrogen) atoms. The minimum atomic E-state index is -0.284. The average Bonchev–Trinajstić information content (AvgIpc) is 3.34. The first-order chi connectivity index (χ1) is 32.9. The first-order valence-corrected chi connectivity index (χ1v) is 24.4. The lowest BCUT2D eigenvalue weighted by Crippen LogP contribution is -2.05. The number of benzene rings is 5. The molecule has 0 saturated heterocycles. The summed E-state index contributed by atoms with van der Waals surface area (Å²) in [5, 5.41) is 5.74. The predicted molar refractivity (Wildman–Crippen MR) is 285 cm³/mol. The highest BCUT2D eigenvalue weighted by atomic mass is 16.5. The Labute approximate surface area is 406 Å². The molecule has 368 valence electrons. The highest BCUT2D eigenvalue weighted by molar-refractivity contribution is 6.01. The second-order valence-electron chi connectivity index (χ2n) is 17.2. The van der Waals surface area contributed by atoms with Crippen molar-refractivity contribution in [2.45, 2.75) is 123 Å². The number of unbranched alkanes of at least 4 members (excludes halogenated alkanes) is 14. The second kappa shape index (κ2) is 33.8. The van der Waals surface area contributed by atoms with E-state index in [0.717, 1.165) is 109 Å². The normalized spacial score (nSPS) is 10.4. The van der Waals surface area contributed by atoms with Crippen LogP contribution in [-0.2, 0) is 25.6 Å². The summed E-state index contributed by atoms with van der Waals surface area (Å²) in [6.45, 7) is 13.8. The maximum absolute atomic E-state index is 11.3. The second-order valence-corrected chi connectivity index (χ2v) is 17.2. The highest BCUT2D eigenvalue weighted by Crippen LogP contribution is 2.28. The number of carbonyl (C=O) groups is 2. The van der Waals surface area contributed by atoms with Gasteiger partial charge >= 0.3 is 11.9 Å². The zero-order chi connectivity index (χ0) is 49.2. The Hall–Kier alpha value is -6.62. The van der Waals surface area contributed by atoms with Gasteiger partial charge in [0, 0.05) is 56.9 Å². The molecular weight excluding hydrogens is 851 g/mol. The van der Waals surface area contributed by atoms with Crippen LogP contribution in [0.2, 0.25) is 0 Å². The molecule has 0 bridgehead atoms. The molecule has 0 spiro atoms. The van der Waals surface area contributed by atoms with E-state index in [9.17, 15) is 9.59 Å². The van der Waals surface area contributed by atoms with E-state index in [4.69, 9.17) is 41.9 Å². The minimum absolute atomic E-state index is 0.281. The van der Waals surface area contributed by atoms with Gasteiger partial charge < -0.3 is 47.2 Å². The van der Waals surface area contributed by atoms with E-state index in [2.05, 4.69) is 42.7 Å². The molecule has 0 radical (unpaired) electrons. The van der Waals surface area contributed by atoms with Crippen molar-refractivity contribution in [2.24, 2.45) is 0 Å². The van der Waals surface area contributed by atoms with Crippen molar-refractivity contribution in [3.63, 3.8) is 0 Å². The van der Waals surface area contributed by atoms with E-state index >= 15 is 0 Å². The van der Waals surface area contributed by atoms with Gasteiger partial charge in [0.2, 0.25) is 0 Å². The molecule has 0 aliphatic heterocycles. The van der Waals surface area contributed by atoms with Crippen LogP contribution in [0.15, 0.2) is 133 Å². The fraction of sp³-hybridized carbons (Fsp3) is 0.404. The van der Waals surface area contributed by atoms with Gasteiger partial charge in [-0.1, -0.05) is 127 Å². The molecule has 0 atom stereocenters. The molecule has 0 aromatic heterocycles. The molecule has 5 aromatic rings. The van der Waals surface area contributed by atoms with E-state index < -0.39 is 0 Å². The molecule has 11 heteroatoms. The van der Waals surface area contributed by atoms with Gasteiger partial charge in [0.15, 0.2) is 0 Å². The monoisotopic (exact) mass is 930 g/mol. The van der Waals surface area contributed by atoms with Crippen molar-refractivity contribution < 1.29 is 28.5 Å². The predicted octanol–water partition coefficient (Wildman–Crippen LogP) is 13.4. The Kier molecular flexibility index (Phi) is 27.7. The summed E-state index contributed by atoms with van der Waals surface area (Å²) in [5.74, 6) is 1.24. The van der Waals surface area contributed by atoms with Crippen molar-refractivity contribution in [1.29, 1.82) is 0 Å². The third-order valence-electron chi connectivity index (χ3n) is 11.0. The molecule has 0 saturated carbocycles. The number of nitrogen functional groups attached to an aromatic ring is 4. The van der Waals surface area contributed by atoms with Crippen LogP contribution in [0.4, 0.5) is 28.4 Å². The number of hydrogen-bond donors (Lipinski definition) is 5. The molecule has 0 unspecified atom stereocenters. The van der Waals surface area contributed by atoms with Gasteiger partial charge in [0.25, 0.3) is 0 Å². The third-order valence-corrected chi connectivity index (χ3v) is 11.0. The van der Waals surface area contributed by atoms with E-state index in [1.165, 1.54) is 69.8 Å². The van der Waals surface area contributed by atoms with Gasteiger partial charge in [-0.05, 0) is 118 Å². The largest absolute Gasteiger partial charge is 0.494 e. The first kappa shape index (κ1) is 55.7. The minimum Gasteiger partial charge on any atom is -0.494 e. The summed E-state index contributed by atoms with van der Waals surface area (Å²) in [4.78, 5) is 22.5. The fourth-order valence-electron chi connectivity index (χ4n) is 6.92. The molecule has 0 aliphatic rings. The fourth-order valence-corrected chi connectivity index (χ4v) is 6.92. The Morgan fingerprint density at radius 3 is 1.21 bits per heavy atom. The topological polar surface area (TPSA) is 187 Å². The van der Waals surface area contributed by atoms with Gasteiger partial charge in [-0.25, -0.2) is 9.59 Å². The van der Waals surface area contributed by atoms with Crippen LogP contribution in [0, 0.1) is 0 Å². The third kappa shape index (κ3) is 24.8. The zero-order valence-corrected chi connectivity index (χ0v) is 40.9. The van der Waals surface area contributed by atoms with Crippen LogP contribution in [0.5, 0.6) is 11.5 Å². The number of hydrogen-bond acceptors (Lipinski definition) is 11. The molecule has 0 fully saturated rings. The van der Waals surface area contributed by atoms with Gasteiger partial charge in [-0.15, -0.1) is 0 Å². The van der Waals surface area contributed by atoms with Crippen molar-refractivity contribution in [3.8, 4) is 11.5 Å². The number of esters is 2. The Balaban J connectivity index is 0.000000327. The Bertz CT molecular complexity index is 2170. The number of carbonyl (C=O) groups excluding carboxylic acids is 2. The molecule has 5 aromatic carbocycles. The van der Waals surface area contributed by atoms with Gasteiger partial charge in [0.1, 0.15) is 11.5 Å². The molecule has 11 nitrogen and oxygen atoms in total. The lowest BCUT2D eigenvalue weighted by Gasteiger charge is -2.12. The van der Waals surface area contributed by atoms with E-state index in [1.807, 2.05) is 60.7 Å². The summed E-state index contributed by atoms with van der Waals surface area (Å²) >= 11 is 0. The maximum atomic E-state index is 11.3. The standard InChI is InChI=1S/C31H40N2O3.C20H31NO3.C6H8N2/c1-24(2)31(34)36-22-12-8-6-4-3-5-7-11-21-35-26-17-15-25(16-18-26)23-33-30-20-19-29(32)27-13-9-10-14-28(27)30;1-17(2)20(22)24-16-10-8-6-4-3-5-7-9-15-23-19-13-11-18(21)12-14-19;7-5-1-2-6(8)4-3-5/h9-10,13-20,33H,1,3-8,11-12,21-23,32H2,2H3;11-14H,1,3-10,15-16,21H2,2H3;1-4H,7-8H2. The SMILES string of the molecule is C=C(C)C(=O)OCCCCCCCCCCOc1ccc(CNc2ccc(N)c3ccccc23)cc1.C=C(C)C(=O)OCCCCCCCCCCOc1ccc(N)cc1.Nc1ccc(N)cc1. The number of ether oxygens (including phenoxy) is 4. The van der Waals surface area contributed by atoms with Crippen LogP contribution in [0.1, 0.15) is 122 Å². The smallest absolute Gasteiger partial charge is 0.333 e. The average molecular weight is 930 g/mol. The number of nitrogens with one attached hydrogen (secondary N) is 1. The van der Waals surface area contributed by atoms with Crippen LogP contribution in [0.25, 0.3) is 10.8 Å². The van der Waals surface area contributed by atoms with E-state index in [1.54, 1.807) is 38.1 Å². The van der Waals surface area contributed by atoms with Crippen molar-refractivity contribution in [1.82, 2.24) is 0 Å². The number of rotatable bonds is 29. The van der Waals surface area contributed by atoms with Crippen LogP contribution < -0.4 is 37.7 Å². The number of nitrogens with two attached hydrogens (primary N) is 4. The Morgan fingerprint density at radius 1 is 0.441 bits per heavy atom. The molecule has 9 N–H and O–H groups in total. The summed E-state index contributed by atoms with van der Waals surface area (Å²) in [6, 6.07) is 35.1. The maximum Gasteiger partial charge on any atom is 0.333 e.